The molecular formula is C18H24ClN3O. The Morgan fingerprint density at radius 3 is 2.83 bits per heavy atom. The molecule has 2 atom stereocenters. The molecule has 2 saturated heterocycles. The van der Waals surface area contributed by atoms with Gasteiger partial charge in [0.2, 0.25) is 0 Å². The molecule has 0 aliphatic carbocycles. The predicted octanol–water partition coefficient (Wildman–Crippen LogP) is 3.11. The lowest BCUT2D eigenvalue weighted by Gasteiger charge is -2.33. The van der Waals surface area contributed by atoms with Crippen molar-refractivity contribution in [3.8, 4) is 11.3 Å². The van der Waals surface area contributed by atoms with Crippen LogP contribution in [-0.4, -0.2) is 36.2 Å². The van der Waals surface area contributed by atoms with Crippen LogP contribution in [0.5, 0.6) is 0 Å². The third kappa shape index (κ3) is 3.60. The first kappa shape index (κ1) is 16.5. The zero-order valence-electron chi connectivity index (χ0n) is 13.5. The van der Waals surface area contributed by atoms with Gasteiger partial charge in [0.05, 0.1) is 6.54 Å². The average molecular weight is 334 g/mol. The van der Waals surface area contributed by atoms with Crippen LogP contribution >= 0.6 is 12.4 Å². The molecule has 0 radical (unpaired) electrons. The molecule has 4 nitrogen and oxygen atoms in total. The molecule has 0 saturated carbocycles. The van der Waals surface area contributed by atoms with Crippen molar-refractivity contribution in [2.45, 2.75) is 19.9 Å². The van der Waals surface area contributed by atoms with Crippen molar-refractivity contribution in [1.29, 1.82) is 0 Å². The van der Waals surface area contributed by atoms with Crippen LogP contribution in [-0.2, 0) is 6.54 Å². The van der Waals surface area contributed by atoms with Gasteiger partial charge in [-0.25, -0.2) is 0 Å². The molecule has 0 spiro atoms. The van der Waals surface area contributed by atoms with Gasteiger partial charge in [0, 0.05) is 18.2 Å². The third-order valence-electron chi connectivity index (χ3n) is 5.07. The van der Waals surface area contributed by atoms with Crippen molar-refractivity contribution >= 4 is 12.4 Å². The van der Waals surface area contributed by atoms with Gasteiger partial charge >= 0.3 is 0 Å². The summed E-state index contributed by atoms with van der Waals surface area (Å²) in [7, 11) is 0. The zero-order valence-corrected chi connectivity index (χ0v) is 14.3. The fraction of sp³-hybridized carbons (Fsp3) is 0.500. The Kier molecular flexibility index (Phi) is 5.05. The number of halogens is 1. The Hall–Kier alpha value is -1.36. The summed E-state index contributed by atoms with van der Waals surface area (Å²) in [5, 5.41) is 7.75. The number of benzene rings is 1. The number of rotatable bonds is 3. The number of aryl methyl sites for hydroxylation is 1. The molecule has 2 aromatic rings. The second kappa shape index (κ2) is 7.04. The minimum Gasteiger partial charge on any atom is -0.359 e. The van der Waals surface area contributed by atoms with Gasteiger partial charge in [0.15, 0.2) is 5.76 Å². The van der Waals surface area contributed by atoms with Crippen molar-refractivity contribution in [3.63, 3.8) is 0 Å². The van der Waals surface area contributed by atoms with Crippen molar-refractivity contribution in [2.75, 3.05) is 26.2 Å². The van der Waals surface area contributed by atoms with Crippen LogP contribution in [0.3, 0.4) is 0 Å². The van der Waals surface area contributed by atoms with Crippen LogP contribution in [0.1, 0.15) is 17.7 Å². The molecule has 1 N–H and O–H groups in total. The largest absolute Gasteiger partial charge is 0.359 e. The van der Waals surface area contributed by atoms with E-state index in [-0.39, 0.29) is 12.4 Å². The van der Waals surface area contributed by atoms with Crippen LogP contribution in [0.4, 0.5) is 0 Å². The molecule has 4 rings (SSSR count). The standard InChI is InChI=1S/C18H23N3O.ClH/c1-13-2-4-14(5-3-13)18-8-17(22-20-18)12-21-7-6-15-9-19-10-16(15)11-21;/h2-5,8,15-16,19H,6-7,9-12H2,1H3;1H. The van der Waals surface area contributed by atoms with E-state index in [1.807, 2.05) is 0 Å². The monoisotopic (exact) mass is 333 g/mol. The highest BCUT2D eigenvalue weighted by atomic mass is 35.5. The van der Waals surface area contributed by atoms with Crippen molar-refractivity contribution < 1.29 is 4.52 Å². The number of fused-ring (bicyclic) bond motifs is 1. The highest BCUT2D eigenvalue weighted by Crippen LogP contribution is 2.28. The lowest BCUT2D eigenvalue weighted by atomic mass is 9.89. The van der Waals surface area contributed by atoms with E-state index in [2.05, 4.69) is 52.6 Å². The van der Waals surface area contributed by atoms with E-state index in [0.29, 0.717) is 0 Å². The number of piperidine rings is 1. The fourth-order valence-electron chi connectivity index (χ4n) is 3.72. The summed E-state index contributed by atoms with van der Waals surface area (Å²) in [5.41, 5.74) is 3.33. The van der Waals surface area contributed by atoms with Crippen LogP contribution in [0, 0.1) is 18.8 Å². The van der Waals surface area contributed by atoms with E-state index in [0.717, 1.165) is 35.4 Å². The summed E-state index contributed by atoms with van der Waals surface area (Å²) in [4.78, 5) is 2.51. The highest BCUT2D eigenvalue weighted by molar-refractivity contribution is 5.85. The van der Waals surface area contributed by atoms with Gasteiger partial charge in [-0.05, 0) is 44.8 Å². The molecule has 0 bridgehead atoms. The topological polar surface area (TPSA) is 41.3 Å². The minimum absolute atomic E-state index is 0. The molecule has 2 fully saturated rings. The molecule has 2 aliphatic heterocycles. The lowest BCUT2D eigenvalue weighted by molar-refractivity contribution is 0.130. The smallest absolute Gasteiger partial charge is 0.151 e. The van der Waals surface area contributed by atoms with Gasteiger partial charge in [-0.15, -0.1) is 12.4 Å². The second-order valence-corrected chi connectivity index (χ2v) is 6.75. The molecule has 2 unspecified atom stereocenters. The number of nitrogens with zero attached hydrogens (tertiary/aromatic N) is 2. The first-order valence-electron chi connectivity index (χ1n) is 8.23. The number of likely N-dealkylation sites (tertiary alicyclic amines) is 1. The molecule has 5 heteroatoms. The van der Waals surface area contributed by atoms with Crippen molar-refractivity contribution in [1.82, 2.24) is 15.4 Å². The maximum absolute atomic E-state index is 5.56. The molecular weight excluding hydrogens is 310 g/mol. The van der Waals surface area contributed by atoms with E-state index in [9.17, 15) is 0 Å². The molecule has 2 aliphatic rings. The quantitative estimate of drug-likeness (QED) is 0.937. The predicted molar refractivity (Wildman–Crippen MR) is 93.7 cm³/mol. The summed E-state index contributed by atoms with van der Waals surface area (Å²) in [6.07, 6.45) is 1.30. The van der Waals surface area contributed by atoms with E-state index in [4.69, 9.17) is 4.52 Å². The third-order valence-corrected chi connectivity index (χ3v) is 5.07. The Morgan fingerprint density at radius 2 is 2.00 bits per heavy atom. The molecule has 0 amide bonds. The summed E-state index contributed by atoms with van der Waals surface area (Å²) < 4.78 is 5.56. The Balaban J connectivity index is 0.00000156. The van der Waals surface area contributed by atoms with Crippen LogP contribution < -0.4 is 5.32 Å². The summed E-state index contributed by atoms with van der Waals surface area (Å²) in [6, 6.07) is 10.5. The Bertz CT molecular complexity index is 640. The van der Waals surface area contributed by atoms with Crippen LogP contribution in [0.15, 0.2) is 34.9 Å². The van der Waals surface area contributed by atoms with Crippen LogP contribution in [0.25, 0.3) is 11.3 Å². The first-order chi connectivity index (χ1) is 10.8. The molecule has 3 heterocycles. The molecule has 23 heavy (non-hydrogen) atoms. The van der Waals surface area contributed by atoms with E-state index in [1.54, 1.807) is 0 Å². The number of aromatic nitrogens is 1. The van der Waals surface area contributed by atoms with Gasteiger partial charge < -0.3 is 9.84 Å². The van der Waals surface area contributed by atoms with Crippen molar-refractivity contribution in [2.24, 2.45) is 11.8 Å². The van der Waals surface area contributed by atoms with Gasteiger partial charge in [-0.1, -0.05) is 35.0 Å². The highest BCUT2D eigenvalue weighted by Gasteiger charge is 2.32. The van der Waals surface area contributed by atoms with E-state index in [1.165, 1.54) is 38.2 Å². The molecule has 124 valence electrons. The number of hydrogen-bond donors (Lipinski definition) is 1. The van der Waals surface area contributed by atoms with Gasteiger partial charge in [-0.2, -0.15) is 0 Å². The van der Waals surface area contributed by atoms with Gasteiger partial charge in [-0.3, -0.25) is 4.90 Å². The number of hydrogen-bond acceptors (Lipinski definition) is 4. The molecule has 1 aromatic carbocycles. The minimum atomic E-state index is 0. The molecule has 1 aromatic heterocycles. The Labute approximate surface area is 143 Å². The zero-order chi connectivity index (χ0) is 14.9. The number of nitrogens with one attached hydrogen (secondary N) is 1. The summed E-state index contributed by atoms with van der Waals surface area (Å²) in [6.45, 7) is 7.70. The average Bonchev–Trinajstić information content (AvgIpc) is 3.17. The second-order valence-electron chi connectivity index (χ2n) is 6.75. The summed E-state index contributed by atoms with van der Waals surface area (Å²) in [5.74, 6) is 2.67. The van der Waals surface area contributed by atoms with Crippen molar-refractivity contribution in [3.05, 3.63) is 41.7 Å². The van der Waals surface area contributed by atoms with E-state index < -0.39 is 0 Å². The van der Waals surface area contributed by atoms with E-state index >= 15 is 0 Å². The first-order valence-corrected chi connectivity index (χ1v) is 8.23. The SMILES string of the molecule is Cc1ccc(-c2cc(CN3CCC4CNCC4C3)on2)cc1.Cl. The fourth-order valence-corrected chi connectivity index (χ4v) is 3.72. The van der Waals surface area contributed by atoms with Crippen LogP contribution in [0.2, 0.25) is 0 Å². The summed E-state index contributed by atoms with van der Waals surface area (Å²) >= 11 is 0. The maximum Gasteiger partial charge on any atom is 0.151 e. The Morgan fingerprint density at radius 1 is 1.22 bits per heavy atom. The maximum atomic E-state index is 5.56. The van der Waals surface area contributed by atoms with Gasteiger partial charge in [0.25, 0.3) is 0 Å². The van der Waals surface area contributed by atoms with Gasteiger partial charge in [0.1, 0.15) is 5.69 Å². The normalized spacial score (nSPS) is 24.2. The lowest BCUT2D eigenvalue weighted by Crippen LogP contribution is -2.39.